The molecule has 4 rings (SSSR count). The second-order valence-corrected chi connectivity index (χ2v) is 8.77. The summed E-state index contributed by atoms with van der Waals surface area (Å²) < 4.78 is 5.86. The average Bonchev–Trinajstić information content (AvgIpc) is 3.13. The SMILES string of the molecule is Cc1cc2ccccc2cc1C(C)OC(=O)CC1CC2CC1C(C)C2C. The van der Waals surface area contributed by atoms with Gasteiger partial charge in [0.1, 0.15) is 6.10 Å². The summed E-state index contributed by atoms with van der Waals surface area (Å²) in [6.07, 6.45) is 2.94. The van der Waals surface area contributed by atoms with E-state index >= 15 is 0 Å². The van der Waals surface area contributed by atoms with Crippen molar-refractivity contribution in [2.24, 2.45) is 29.6 Å². The lowest BCUT2D eigenvalue weighted by atomic mass is 9.74. The van der Waals surface area contributed by atoms with Crippen molar-refractivity contribution in [1.29, 1.82) is 0 Å². The summed E-state index contributed by atoms with van der Waals surface area (Å²) >= 11 is 0. The zero-order chi connectivity index (χ0) is 18.4. The minimum absolute atomic E-state index is 0.0255. The Bertz CT molecular complexity index is 822. The van der Waals surface area contributed by atoms with Gasteiger partial charge < -0.3 is 4.74 Å². The van der Waals surface area contributed by atoms with Crippen LogP contribution in [0.4, 0.5) is 0 Å². The lowest BCUT2D eigenvalue weighted by Crippen LogP contribution is -2.26. The van der Waals surface area contributed by atoms with Crippen molar-refractivity contribution < 1.29 is 9.53 Å². The molecule has 2 heteroatoms. The molecule has 2 bridgehead atoms. The number of rotatable bonds is 4. The Balaban J connectivity index is 1.43. The van der Waals surface area contributed by atoms with Gasteiger partial charge in [-0.3, -0.25) is 4.79 Å². The van der Waals surface area contributed by atoms with Gasteiger partial charge in [0.05, 0.1) is 0 Å². The van der Waals surface area contributed by atoms with Crippen molar-refractivity contribution in [3.05, 3.63) is 47.5 Å². The Labute approximate surface area is 156 Å². The largest absolute Gasteiger partial charge is 0.458 e. The third-order valence-corrected chi connectivity index (χ3v) is 7.34. The van der Waals surface area contributed by atoms with Crippen LogP contribution < -0.4 is 0 Å². The lowest BCUT2D eigenvalue weighted by Gasteiger charge is -2.31. The normalized spacial score (nSPS) is 31.3. The number of aryl methyl sites for hydroxylation is 1. The lowest BCUT2D eigenvalue weighted by molar-refractivity contribution is -0.150. The number of hydrogen-bond donors (Lipinski definition) is 0. The monoisotopic (exact) mass is 350 g/mol. The molecule has 6 unspecified atom stereocenters. The Morgan fingerprint density at radius 2 is 1.81 bits per heavy atom. The molecule has 26 heavy (non-hydrogen) atoms. The van der Waals surface area contributed by atoms with Crippen LogP contribution in [0.1, 0.15) is 57.3 Å². The van der Waals surface area contributed by atoms with E-state index in [-0.39, 0.29) is 12.1 Å². The Kier molecular flexibility index (Phi) is 4.54. The smallest absolute Gasteiger partial charge is 0.306 e. The molecule has 0 radical (unpaired) electrons. The number of fused-ring (bicyclic) bond motifs is 3. The van der Waals surface area contributed by atoms with E-state index in [9.17, 15) is 4.79 Å². The van der Waals surface area contributed by atoms with Gasteiger partial charge in [0.15, 0.2) is 0 Å². The van der Waals surface area contributed by atoms with Crippen LogP contribution in [-0.2, 0) is 9.53 Å². The maximum absolute atomic E-state index is 12.6. The summed E-state index contributed by atoms with van der Waals surface area (Å²) in [5.41, 5.74) is 2.30. The quantitative estimate of drug-likeness (QED) is 0.625. The number of carbonyl (C=O) groups excluding carboxylic acids is 1. The highest BCUT2D eigenvalue weighted by molar-refractivity contribution is 5.84. The summed E-state index contributed by atoms with van der Waals surface area (Å²) in [5, 5.41) is 2.43. The molecular weight excluding hydrogens is 320 g/mol. The van der Waals surface area contributed by atoms with Crippen LogP contribution in [0, 0.1) is 36.5 Å². The third-order valence-electron chi connectivity index (χ3n) is 7.34. The number of ether oxygens (including phenoxy) is 1. The molecular formula is C24H30O2. The van der Waals surface area contributed by atoms with Crippen molar-refractivity contribution in [3.63, 3.8) is 0 Å². The van der Waals surface area contributed by atoms with Gasteiger partial charge in [0.25, 0.3) is 0 Å². The van der Waals surface area contributed by atoms with Crippen LogP contribution in [0.2, 0.25) is 0 Å². The highest BCUT2D eigenvalue weighted by Crippen LogP contribution is 2.55. The van der Waals surface area contributed by atoms with Crippen molar-refractivity contribution in [2.45, 2.75) is 53.1 Å². The fourth-order valence-electron chi connectivity index (χ4n) is 5.66. The number of esters is 1. The van der Waals surface area contributed by atoms with Gasteiger partial charge in [0, 0.05) is 6.42 Å². The van der Waals surface area contributed by atoms with Crippen LogP contribution >= 0.6 is 0 Å². The average molecular weight is 351 g/mol. The van der Waals surface area contributed by atoms with Crippen molar-refractivity contribution in [1.82, 2.24) is 0 Å². The van der Waals surface area contributed by atoms with Gasteiger partial charge in [-0.05, 0) is 84.2 Å². The van der Waals surface area contributed by atoms with Gasteiger partial charge >= 0.3 is 5.97 Å². The Morgan fingerprint density at radius 1 is 1.12 bits per heavy atom. The molecule has 2 aliphatic carbocycles. The molecule has 2 aromatic carbocycles. The fourth-order valence-corrected chi connectivity index (χ4v) is 5.66. The predicted octanol–water partition coefficient (Wildman–Crippen LogP) is 6.07. The molecule has 138 valence electrons. The molecule has 2 nitrogen and oxygen atoms in total. The molecule has 2 aromatic rings. The zero-order valence-corrected chi connectivity index (χ0v) is 16.4. The van der Waals surface area contributed by atoms with Crippen LogP contribution in [0.15, 0.2) is 36.4 Å². The fraction of sp³-hybridized carbons (Fsp3) is 0.542. The molecule has 0 spiro atoms. The van der Waals surface area contributed by atoms with Crippen molar-refractivity contribution in [3.8, 4) is 0 Å². The van der Waals surface area contributed by atoms with E-state index in [2.05, 4.69) is 57.2 Å². The van der Waals surface area contributed by atoms with Crippen molar-refractivity contribution >= 4 is 16.7 Å². The topological polar surface area (TPSA) is 26.3 Å². The maximum atomic E-state index is 12.6. The number of hydrogen-bond acceptors (Lipinski definition) is 2. The molecule has 6 atom stereocenters. The number of benzene rings is 2. The molecule has 2 saturated carbocycles. The summed E-state index contributed by atoms with van der Waals surface area (Å²) in [5.74, 6) is 3.64. The molecule has 0 heterocycles. The summed E-state index contributed by atoms with van der Waals surface area (Å²) in [4.78, 5) is 12.6. The van der Waals surface area contributed by atoms with Crippen LogP contribution in [0.3, 0.4) is 0 Å². The molecule has 2 aliphatic rings. The summed E-state index contributed by atoms with van der Waals surface area (Å²) in [6.45, 7) is 8.86. The zero-order valence-electron chi connectivity index (χ0n) is 16.4. The van der Waals surface area contributed by atoms with E-state index in [1.807, 2.05) is 6.92 Å². The summed E-state index contributed by atoms with van der Waals surface area (Å²) in [6, 6.07) is 12.7. The van der Waals surface area contributed by atoms with Crippen LogP contribution in [0.5, 0.6) is 0 Å². The first-order valence-electron chi connectivity index (χ1n) is 10.1. The Morgan fingerprint density at radius 3 is 2.46 bits per heavy atom. The van der Waals surface area contributed by atoms with E-state index in [1.54, 1.807) is 0 Å². The van der Waals surface area contributed by atoms with Crippen LogP contribution in [-0.4, -0.2) is 5.97 Å². The van der Waals surface area contributed by atoms with Gasteiger partial charge in [-0.2, -0.15) is 0 Å². The van der Waals surface area contributed by atoms with Gasteiger partial charge in [0.2, 0.25) is 0 Å². The second-order valence-electron chi connectivity index (χ2n) is 8.77. The maximum Gasteiger partial charge on any atom is 0.306 e. The minimum atomic E-state index is -0.193. The minimum Gasteiger partial charge on any atom is -0.458 e. The Hall–Kier alpha value is -1.83. The van der Waals surface area contributed by atoms with Gasteiger partial charge in [-0.25, -0.2) is 0 Å². The van der Waals surface area contributed by atoms with E-state index in [4.69, 9.17) is 4.74 Å². The molecule has 0 N–H and O–H groups in total. The molecule has 2 fully saturated rings. The summed E-state index contributed by atoms with van der Waals surface area (Å²) in [7, 11) is 0. The van der Waals surface area contributed by atoms with E-state index in [1.165, 1.54) is 29.2 Å². The van der Waals surface area contributed by atoms with Gasteiger partial charge in [-0.15, -0.1) is 0 Å². The van der Waals surface area contributed by atoms with Gasteiger partial charge in [-0.1, -0.05) is 44.2 Å². The number of carbonyl (C=O) groups is 1. The molecule has 0 amide bonds. The van der Waals surface area contributed by atoms with E-state index < -0.39 is 0 Å². The first-order valence-corrected chi connectivity index (χ1v) is 10.1. The second kappa shape index (κ2) is 6.72. The van der Waals surface area contributed by atoms with E-state index in [0.717, 1.165) is 29.2 Å². The highest BCUT2D eigenvalue weighted by Gasteiger charge is 2.49. The first kappa shape index (κ1) is 17.6. The first-order chi connectivity index (χ1) is 12.4. The third kappa shape index (κ3) is 3.04. The standard InChI is InChI=1S/C24H30O2/c1-14-9-18-7-5-6-8-19(18)11-22(14)17(4)26-24(25)13-21-10-20-12-23(21)16(3)15(20)2/h5-9,11,15-17,20-21,23H,10,12-13H2,1-4H3. The van der Waals surface area contributed by atoms with Crippen LogP contribution in [0.25, 0.3) is 10.8 Å². The molecule has 0 aromatic heterocycles. The highest BCUT2D eigenvalue weighted by atomic mass is 16.5. The predicted molar refractivity (Wildman–Crippen MR) is 106 cm³/mol. The molecule has 0 aliphatic heterocycles. The van der Waals surface area contributed by atoms with E-state index in [0.29, 0.717) is 12.3 Å². The van der Waals surface area contributed by atoms with Crippen molar-refractivity contribution in [2.75, 3.05) is 0 Å². The molecule has 0 saturated heterocycles.